The van der Waals surface area contributed by atoms with E-state index < -0.39 is 17.6 Å². The van der Waals surface area contributed by atoms with Gasteiger partial charge in [-0.1, -0.05) is 30.3 Å². The zero-order valence-electron chi connectivity index (χ0n) is 18.3. The van der Waals surface area contributed by atoms with Crippen molar-refractivity contribution in [1.29, 1.82) is 0 Å². The Morgan fingerprint density at radius 3 is 2.29 bits per heavy atom. The lowest BCUT2D eigenvalue weighted by molar-refractivity contribution is -0.136. The fourth-order valence-electron chi connectivity index (χ4n) is 2.84. The topological polar surface area (TPSA) is 109 Å². The van der Waals surface area contributed by atoms with Gasteiger partial charge in [0.05, 0.1) is 12.3 Å². The molecule has 0 fully saturated rings. The maximum absolute atomic E-state index is 12.9. The number of halogens is 1. The fourth-order valence-corrected chi connectivity index (χ4v) is 2.84. The maximum Gasteiger partial charge on any atom is 0.329 e. The van der Waals surface area contributed by atoms with Crippen molar-refractivity contribution >= 4 is 29.6 Å². The van der Waals surface area contributed by atoms with E-state index in [-0.39, 0.29) is 24.2 Å². The molecule has 9 heteroatoms. The zero-order valence-corrected chi connectivity index (χ0v) is 18.3. The number of hydrazone groups is 1. The van der Waals surface area contributed by atoms with Gasteiger partial charge >= 0.3 is 11.8 Å². The molecule has 0 unspecified atom stereocenters. The zero-order chi connectivity index (χ0) is 24.3. The normalized spacial score (nSPS) is 11.5. The summed E-state index contributed by atoms with van der Waals surface area (Å²) in [5.74, 6) is -2.13. The van der Waals surface area contributed by atoms with E-state index in [1.54, 1.807) is 24.3 Å². The lowest BCUT2D eigenvalue weighted by atomic mass is 10.1. The predicted octanol–water partition coefficient (Wildman–Crippen LogP) is 3.17. The van der Waals surface area contributed by atoms with Gasteiger partial charge in [0.15, 0.2) is 6.61 Å². The molecule has 0 saturated heterocycles. The Morgan fingerprint density at radius 2 is 1.62 bits per heavy atom. The third kappa shape index (κ3) is 7.56. The molecule has 1 atom stereocenters. The first-order valence-corrected chi connectivity index (χ1v) is 10.4. The van der Waals surface area contributed by atoms with Gasteiger partial charge in [0, 0.05) is 5.69 Å². The van der Waals surface area contributed by atoms with Crippen LogP contribution in [0.3, 0.4) is 0 Å². The van der Waals surface area contributed by atoms with Crippen LogP contribution in [0.25, 0.3) is 0 Å². The number of hydrogen-bond acceptors (Lipinski definition) is 5. The van der Waals surface area contributed by atoms with E-state index in [1.807, 2.05) is 37.3 Å². The van der Waals surface area contributed by atoms with Crippen molar-refractivity contribution in [2.45, 2.75) is 13.0 Å². The van der Waals surface area contributed by atoms with E-state index in [4.69, 9.17) is 4.74 Å². The molecule has 0 saturated carbocycles. The third-order valence-electron chi connectivity index (χ3n) is 4.62. The minimum absolute atomic E-state index is 0.135. The first kappa shape index (κ1) is 24.1. The van der Waals surface area contributed by atoms with E-state index in [0.717, 1.165) is 17.7 Å². The summed E-state index contributed by atoms with van der Waals surface area (Å²) < 4.78 is 18.4. The van der Waals surface area contributed by atoms with E-state index >= 15 is 0 Å². The first-order valence-electron chi connectivity index (χ1n) is 10.4. The smallest absolute Gasteiger partial charge is 0.329 e. The molecule has 0 aromatic heterocycles. The predicted molar refractivity (Wildman–Crippen MR) is 126 cm³/mol. The van der Waals surface area contributed by atoms with Gasteiger partial charge < -0.3 is 15.4 Å². The summed E-state index contributed by atoms with van der Waals surface area (Å²) in [6.45, 7) is 1.76. The van der Waals surface area contributed by atoms with Crippen LogP contribution in [-0.2, 0) is 14.4 Å². The Bertz CT molecular complexity index is 1150. The quantitative estimate of drug-likeness (QED) is 0.271. The second-order valence-electron chi connectivity index (χ2n) is 7.22. The molecule has 0 aliphatic carbocycles. The summed E-state index contributed by atoms with van der Waals surface area (Å²) in [7, 11) is 0. The highest BCUT2D eigenvalue weighted by atomic mass is 19.1. The van der Waals surface area contributed by atoms with Crippen molar-refractivity contribution in [3.63, 3.8) is 0 Å². The number of carbonyl (C=O) groups excluding carboxylic acids is 3. The molecule has 8 nitrogen and oxygen atoms in total. The highest BCUT2D eigenvalue weighted by Crippen LogP contribution is 2.13. The minimum atomic E-state index is -0.976. The number of ether oxygens (including phenoxy) is 1. The van der Waals surface area contributed by atoms with Crippen LogP contribution in [0.4, 0.5) is 10.1 Å². The molecule has 0 heterocycles. The summed E-state index contributed by atoms with van der Waals surface area (Å²) in [4.78, 5) is 35.7. The molecule has 174 valence electrons. The van der Waals surface area contributed by atoms with Crippen LogP contribution in [-0.4, -0.2) is 30.5 Å². The Morgan fingerprint density at radius 1 is 0.941 bits per heavy atom. The highest BCUT2D eigenvalue weighted by Gasteiger charge is 2.13. The average molecular weight is 462 g/mol. The molecule has 3 N–H and O–H groups in total. The molecular weight excluding hydrogens is 439 g/mol. The maximum atomic E-state index is 12.9. The van der Waals surface area contributed by atoms with Crippen molar-refractivity contribution in [3.05, 3.63) is 95.8 Å². The molecular formula is C25H23FN4O4. The van der Waals surface area contributed by atoms with Gasteiger partial charge in [-0.3, -0.25) is 14.4 Å². The van der Waals surface area contributed by atoms with E-state index in [2.05, 4.69) is 21.2 Å². The molecule has 3 amide bonds. The standard InChI is InChI=1S/C25H23FN4O4/c1-17(19-5-3-2-4-6-19)28-23(31)16-34-22-13-7-18(8-14-22)15-27-30-25(33)24(32)29-21-11-9-20(26)10-12-21/h2-15,17H,16H2,1H3,(H,28,31)(H,29,32)(H,30,33)/b27-15-/t17-/m0/s1. The summed E-state index contributed by atoms with van der Waals surface area (Å²) in [6.07, 6.45) is 1.35. The van der Waals surface area contributed by atoms with Gasteiger partial charge in [-0.15, -0.1) is 0 Å². The number of amides is 3. The van der Waals surface area contributed by atoms with Gasteiger partial charge in [-0.2, -0.15) is 5.10 Å². The van der Waals surface area contributed by atoms with Crippen molar-refractivity contribution in [1.82, 2.24) is 10.7 Å². The Balaban J connectivity index is 1.41. The Kier molecular flexibility index (Phi) is 8.45. The van der Waals surface area contributed by atoms with E-state index in [0.29, 0.717) is 11.3 Å². The molecule has 34 heavy (non-hydrogen) atoms. The third-order valence-corrected chi connectivity index (χ3v) is 4.62. The van der Waals surface area contributed by atoms with Crippen molar-refractivity contribution < 1.29 is 23.5 Å². The minimum Gasteiger partial charge on any atom is -0.484 e. The number of anilines is 1. The van der Waals surface area contributed by atoms with Crippen LogP contribution in [0.1, 0.15) is 24.1 Å². The van der Waals surface area contributed by atoms with Crippen LogP contribution in [0.5, 0.6) is 5.75 Å². The lowest BCUT2D eigenvalue weighted by Gasteiger charge is -2.14. The van der Waals surface area contributed by atoms with Crippen LogP contribution in [0, 0.1) is 5.82 Å². The van der Waals surface area contributed by atoms with Gasteiger partial charge in [-0.25, -0.2) is 9.82 Å². The number of nitrogens with one attached hydrogen (secondary N) is 3. The second-order valence-corrected chi connectivity index (χ2v) is 7.22. The van der Waals surface area contributed by atoms with E-state index in [9.17, 15) is 18.8 Å². The molecule has 0 spiro atoms. The monoisotopic (exact) mass is 462 g/mol. The summed E-state index contributed by atoms with van der Waals surface area (Å²) in [6, 6.07) is 21.1. The van der Waals surface area contributed by atoms with Crippen molar-refractivity contribution in [2.75, 3.05) is 11.9 Å². The average Bonchev–Trinajstić information content (AvgIpc) is 2.85. The van der Waals surface area contributed by atoms with Crippen molar-refractivity contribution in [3.8, 4) is 5.75 Å². The van der Waals surface area contributed by atoms with Gasteiger partial charge in [0.1, 0.15) is 11.6 Å². The van der Waals surface area contributed by atoms with Crippen molar-refractivity contribution in [2.24, 2.45) is 5.10 Å². The van der Waals surface area contributed by atoms with Gasteiger partial charge in [-0.05, 0) is 66.6 Å². The number of nitrogens with zero attached hydrogens (tertiary/aromatic N) is 1. The van der Waals surface area contributed by atoms with Gasteiger partial charge in [0.25, 0.3) is 5.91 Å². The molecule has 3 aromatic carbocycles. The first-order chi connectivity index (χ1) is 16.4. The number of hydrogen-bond donors (Lipinski definition) is 3. The number of carbonyl (C=O) groups is 3. The molecule has 0 radical (unpaired) electrons. The van der Waals surface area contributed by atoms with Crippen LogP contribution >= 0.6 is 0 Å². The Hall–Kier alpha value is -4.53. The number of rotatable bonds is 8. The molecule has 3 rings (SSSR count). The summed E-state index contributed by atoms with van der Waals surface area (Å²) >= 11 is 0. The summed E-state index contributed by atoms with van der Waals surface area (Å²) in [5.41, 5.74) is 4.02. The fraction of sp³-hybridized carbons (Fsp3) is 0.120. The van der Waals surface area contributed by atoms with Crippen LogP contribution in [0.2, 0.25) is 0 Å². The van der Waals surface area contributed by atoms with Gasteiger partial charge in [0.2, 0.25) is 0 Å². The van der Waals surface area contributed by atoms with Crippen LogP contribution < -0.4 is 20.8 Å². The second kappa shape index (κ2) is 11.9. The molecule has 0 aliphatic heterocycles. The number of benzene rings is 3. The largest absolute Gasteiger partial charge is 0.484 e. The molecule has 0 bridgehead atoms. The Labute approximate surface area is 195 Å². The lowest BCUT2D eigenvalue weighted by Crippen LogP contribution is -2.32. The summed E-state index contributed by atoms with van der Waals surface area (Å²) in [5, 5.41) is 8.93. The highest BCUT2D eigenvalue weighted by molar-refractivity contribution is 6.39. The molecule has 0 aliphatic rings. The van der Waals surface area contributed by atoms with Crippen LogP contribution in [0.15, 0.2) is 84.0 Å². The van der Waals surface area contributed by atoms with E-state index in [1.165, 1.54) is 18.3 Å². The molecule has 3 aromatic rings. The SMILES string of the molecule is C[C@H](NC(=O)COc1ccc(/C=N\NC(=O)C(=O)Nc2ccc(F)cc2)cc1)c1ccccc1.